The van der Waals surface area contributed by atoms with Crippen molar-refractivity contribution in [3.8, 4) is 0 Å². The standard InChI is InChI=1S/C16H19N3O/c1-12-7-8-18-10-14(12)11-19-16(20)15(17)9-13-5-3-2-4-6-13/h2-8,10,15H,9,11,17H2,1H3,(H,19,20)/t15-/m1/s1. The van der Waals surface area contributed by atoms with Crippen molar-refractivity contribution >= 4 is 5.91 Å². The van der Waals surface area contributed by atoms with E-state index in [2.05, 4.69) is 10.3 Å². The summed E-state index contributed by atoms with van der Waals surface area (Å²) in [7, 11) is 0. The highest BCUT2D eigenvalue weighted by Crippen LogP contribution is 2.05. The number of pyridine rings is 1. The Hall–Kier alpha value is -2.20. The number of nitrogens with zero attached hydrogens (tertiary/aromatic N) is 1. The third-order valence-electron chi connectivity index (χ3n) is 3.24. The first-order chi connectivity index (χ1) is 9.66. The molecule has 4 nitrogen and oxygen atoms in total. The number of carbonyl (C=O) groups excluding carboxylic acids is 1. The molecule has 0 bridgehead atoms. The first-order valence-corrected chi connectivity index (χ1v) is 6.63. The second-order valence-corrected chi connectivity index (χ2v) is 4.82. The molecule has 0 aliphatic heterocycles. The van der Waals surface area contributed by atoms with E-state index in [1.165, 1.54) is 0 Å². The van der Waals surface area contributed by atoms with Crippen molar-refractivity contribution in [1.29, 1.82) is 0 Å². The molecule has 0 saturated carbocycles. The Morgan fingerprint density at radius 2 is 2.05 bits per heavy atom. The van der Waals surface area contributed by atoms with Gasteiger partial charge in [0.15, 0.2) is 0 Å². The van der Waals surface area contributed by atoms with Crippen molar-refractivity contribution in [1.82, 2.24) is 10.3 Å². The largest absolute Gasteiger partial charge is 0.351 e. The maximum absolute atomic E-state index is 12.0. The normalized spacial score (nSPS) is 11.9. The van der Waals surface area contributed by atoms with E-state index in [0.717, 1.165) is 16.7 Å². The number of rotatable bonds is 5. The van der Waals surface area contributed by atoms with E-state index < -0.39 is 6.04 Å². The van der Waals surface area contributed by atoms with Crippen LogP contribution in [0.2, 0.25) is 0 Å². The molecule has 2 aromatic rings. The van der Waals surface area contributed by atoms with Gasteiger partial charge in [0, 0.05) is 18.9 Å². The van der Waals surface area contributed by atoms with Crippen LogP contribution in [0.1, 0.15) is 16.7 Å². The lowest BCUT2D eigenvalue weighted by atomic mass is 10.1. The molecule has 1 aromatic carbocycles. The zero-order chi connectivity index (χ0) is 14.4. The molecular weight excluding hydrogens is 250 g/mol. The van der Waals surface area contributed by atoms with Crippen LogP contribution in [0.3, 0.4) is 0 Å². The molecule has 0 unspecified atom stereocenters. The van der Waals surface area contributed by atoms with E-state index in [9.17, 15) is 4.79 Å². The number of hydrogen-bond donors (Lipinski definition) is 2. The Labute approximate surface area is 119 Å². The number of hydrogen-bond acceptors (Lipinski definition) is 3. The highest BCUT2D eigenvalue weighted by atomic mass is 16.2. The van der Waals surface area contributed by atoms with E-state index in [-0.39, 0.29) is 5.91 Å². The summed E-state index contributed by atoms with van der Waals surface area (Å²) in [4.78, 5) is 16.0. The number of aryl methyl sites for hydroxylation is 1. The highest BCUT2D eigenvalue weighted by Gasteiger charge is 2.13. The number of nitrogens with one attached hydrogen (secondary N) is 1. The number of aromatic nitrogens is 1. The van der Waals surface area contributed by atoms with Crippen LogP contribution in [0.15, 0.2) is 48.8 Å². The molecule has 1 amide bonds. The van der Waals surface area contributed by atoms with Crippen LogP contribution in [0, 0.1) is 6.92 Å². The third-order valence-corrected chi connectivity index (χ3v) is 3.24. The maximum atomic E-state index is 12.0. The van der Waals surface area contributed by atoms with Gasteiger partial charge in [-0.3, -0.25) is 9.78 Å². The van der Waals surface area contributed by atoms with Crippen LogP contribution < -0.4 is 11.1 Å². The lowest BCUT2D eigenvalue weighted by Gasteiger charge is -2.13. The molecule has 3 N–H and O–H groups in total. The van der Waals surface area contributed by atoms with Crippen molar-refractivity contribution in [2.24, 2.45) is 5.73 Å². The van der Waals surface area contributed by atoms with Crippen LogP contribution >= 0.6 is 0 Å². The number of amides is 1. The van der Waals surface area contributed by atoms with Gasteiger partial charge in [-0.25, -0.2) is 0 Å². The summed E-state index contributed by atoms with van der Waals surface area (Å²) in [5.74, 6) is -0.142. The molecule has 0 radical (unpaired) electrons. The SMILES string of the molecule is Cc1ccncc1CNC(=O)[C@H](N)Cc1ccccc1. The minimum absolute atomic E-state index is 0.142. The summed E-state index contributed by atoms with van der Waals surface area (Å²) in [5.41, 5.74) is 9.10. The second kappa shape index (κ2) is 6.82. The van der Waals surface area contributed by atoms with Gasteiger partial charge in [0.1, 0.15) is 0 Å². The van der Waals surface area contributed by atoms with Crippen molar-refractivity contribution in [3.63, 3.8) is 0 Å². The molecule has 1 heterocycles. The van der Waals surface area contributed by atoms with E-state index in [1.807, 2.05) is 43.3 Å². The predicted molar refractivity (Wildman–Crippen MR) is 78.9 cm³/mol. The van der Waals surface area contributed by atoms with Gasteiger partial charge in [0.25, 0.3) is 0 Å². The molecule has 1 aromatic heterocycles. The van der Waals surface area contributed by atoms with Gasteiger partial charge in [-0.05, 0) is 36.1 Å². The third kappa shape index (κ3) is 3.90. The van der Waals surface area contributed by atoms with Crippen molar-refractivity contribution in [3.05, 3.63) is 65.5 Å². The van der Waals surface area contributed by atoms with Gasteiger partial charge < -0.3 is 11.1 Å². The van der Waals surface area contributed by atoms with Gasteiger partial charge in [0.05, 0.1) is 6.04 Å². The minimum Gasteiger partial charge on any atom is -0.351 e. The summed E-state index contributed by atoms with van der Waals surface area (Å²) >= 11 is 0. The summed E-state index contributed by atoms with van der Waals surface area (Å²) in [5, 5.41) is 2.86. The smallest absolute Gasteiger partial charge is 0.237 e. The first-order valence-electron chi connectivity index (χ1n) is 6.63. The lowest BCUT2D eigenvalue weighted by molar-refractivity contribution is -0.122. The van der Waals surface area contributed by atoms with E-state index in [1.54, 1.807) is 12.4 Å². The topological polar surface area (TPSA) is 68.0 Å². The summed E-state index contributed by atoms with van der Waals surface area (Å²) in [6.07, 6.45) is 4.04. The molecule has 0 aliphatic carbocycles. The molecule has 1 atom stereocenters. The lowest BCUT2D eigenvalue weighted by Crippen LogP contribution is -2.41. The average Bonchev–Trinajstić information content (AvgIpc) is 2.47. The molecule has 104 valence electrons. The quantitative estimate of drug-likeness (QED) is 0.866. The number of benzene rings is 1. The zero-order valence-electron chi connectivity index (χ0n) is 11.5. The fourth-order valence-electron chi connectivity index (χ4n) is 1.96. The molecule has 20 heavy (non-hydrogen) atoms. The molecule has 0 spiro atoms. The second-order valence-electron chi connectivity index (χ2n) is 4.82. The van der Waals surface area contributed by atoms with E-state index in [4.69, 9.17) is 5.73 Å². The molecule has 2 rings (SSSR count). The van der Waals surface area contributed by atoms with Gasteiger partial charge >= 0.3 is 0 Å². The highest BCUT2D eigenvalue weighted by molar-refractivity contribution is 5.81. The summed E-state index contributed by atoms with van der Waals surface area (Å²) in [6.45, 7) is 2.45. The number of nitrogens with two attached hydrogens (primary N) is 1. The predicted octanol–water partition coefficient (Wildman–Crippen LogP) is 1.58. The van der Waals surface area contributed by atoms with Gasteiger partial charge in [-0.15, -0.1) is 0 Å². The van der Waals surface area contributed by atoms with Gasteiger partial charge in [0.2, 0.25) is 5.91 Å². The fourth-order valence-corrected chi connectivity index (χ4v) is 1.96. The Morgan fingerprint density at radius 1 is 1.30 bits per heavy atom. The van der Waals surface area contributed by atoms with Crippen molar-refractivity contribution in [2.45, 2.75) is 25.9 Å². The average molecular weight is 269 g/mol. The summed E-state index contributed by atoms with van der Waals surface area (Å²) in [6, 6.07) is 11.2. The molecule has 0 saturated heterocycles. The first kappa shape index (κ1) is 14.2. The van der Waals surface area contributed by atoms with Crippen LogP contribution in [-0.2, 0) is 17.8 Å². The van der Waals surface area contributed by atoms with E-state index in [0.29, 0.717) is 13.0 Å². The van der Waals surface area contributed by atoms with Crippen LogP contribution in [0.5, 0.6) is 0 Å². The van der Waals surface area contributed by atoms with Crippen molar-refractivity contribution < 1.29 is 4.79 Å². The monoisotopic (exact) mass is 269 g/mol. The summed E-state index contributed by atoms with van der Waals surface area (Å²) < 4.78 is 0. The fraction of sp³-hybridized carbons (Fsp3) is 0.250. The van der Waals surface area contributed by atoms with Crippen LogP contribution in [0.4, 0.5) is 0 Å². The van der Waals surface area contributed by atoms with Gasteiger partial charge in [-0.1, -0.05) is 30.3 Å². The van der Waals surface area contributed by atoms with Gasteiger partial charge in [-0.2, -0.15) is 0 Å². The Kier molecular flexibility index (Phi) is 4.85. The Bertz CT molecular complexity index is 569. The molecule has 0 aliphatic rings. The molecule has 4 heteroatoms. The van der Waals surface area contributed by atoms with Crippen LogP contribution in [0.25, 0.3) is 0 Å². The number of carbonyl (C=O) groups is 1. The Morgan fingerprint density at radius 3 is 2.75 bits per heavy atom. The molecule has 0 fully saturated rings. The Balaban J connectivity index is 1.87. The minimum atomic E-state index is -0.533. The zero-order valence-corrected chi connectivity index (χ0v) is 11.5. The van der Waals surface area contributed by atoms with Crippen molar-refractivity contribution in [2.75, 3.05) is 0 Å². The maximum Gasteiger partial charge on any atom is 0.237 e. The molecular formula is C16H19N3O. The van der Waals surface area contributed by atoms with Crippen LogP contribution in [-0.4, -0.2) is 16.9 Å². The van der Waals surface area contributed by atoms with E-state index >= 15 is 0 Å².